The normalized spacial score (nSPS) is 38.8. The third kappa shape index (κ3) is 8.33. The van der Waals surface area contributed by atoms with E-state index in [0.717, 1.165) is 168 Å². The predicted octanol–water partition coefficient (Wildman–Crippen LogP) is 6.98. The number of aryl methyl sites for hydroxylation is 1. The maximum atomic E-state index is 5.71. The Bertz CT molecular complexity index is 2220. The molecule has 0 amide bonds. The summed E-state index contributed by atoms with van der Waals surface area (Å²) in [5, 5.41) is 15.0. The molecule has 13 heteroatoms. The van der Waals surface area contributed by atoms with Crippen LogP contribution in [0.1, 0.15) is 197 Å². The van der Waals surface area contributed by atoms with Crippen molar-refractivity contribution in [2.75, 3.05) is 52.4 Å². The molecule has 14 unspecified atom stereocenters. The molecule has 65 heavy (non-hydrogen) atoms. The second-order valence-corrected chi connectivity index (χ2v) is 22.9. The Morgan fingerprint density at radius 3 is 1.31 bits per heavy atom. The molecule has 12 nitrogen and oxygen atoms in total. The molecule has 13 rings (SSSR count). The molecule has 4 aliphatic carbocycles. The van der Waals surface area contributed by atoms with Crippen molar-refractivity contribution in [3.05, 3.63) is 46.1 Å². The Hall–Kier alpha value is -2.54. The maximum Gasteiger partial charge on any atom is 2.00 e. The van der Waals surface area contributed by atoms with E-state index in [9.17, 15) is 0 Å². The Morgan fingerprint density at radius 2 is 0.785 bits per heavy atom. The summed E-state index contributed by atoms with van der Waals surface area (Å²) in [6, 6.07) is 0. The Balaban J connectivity index is 0.00000444. The summed E-state index contributed by atoms with van der Waals surface area (Å²) in [6.45, 7) is 9.22. The van der Waals surface area contributed by atoms with Gasteiger partial charge in [0.25, 0.3) is 0 Å². The molecule has 1 radical (unpaired) electrons. The zero-order valence-electron chi connectivity index (χ0n) is 38.8. The summed E-state index contributed by atoms with van der Waals surface area (Å²) in [6.07, 6.45) is 24.3. The third-order valence-corrected chi connectivity index (χ3v) is 19.6. The number of hydrogen-bond acceptors (Lipinski definition) is 10. The van der Waals surface area contributed by atoms with Gasteiger partial charge in [0.05, 0.1) is 23.3 Å². The van der Waals surface area contributed by atoms with E-state index >= 15 is 0 Å². The van der Waals surface area contributed by atoms with E-state index in [1.165, 1.54) is 88.2 Å². The zero-order valence-corrected chi connectivity index (χ0v) is 39.7. The molecule has 7 fully saturated rings. The van der Waals surface area contributed by atoms with Gasteiger partial charge in [-0.15, -0.1) is 0 Å². The van der Waals surface area contributed by atoms with Crippen LogP contribution in [0.25, 0.3) is 11.3 Å². The van der Waals surface area contributed by atoms with Crippen LogP contribution in [0.4, 0.5) is 0 Å². The standard InChI is InChI=1S/C52H74N12.Cu/c1-5-33(25-53-17-1)29-9-13-37-41(21-29)49-57-45(37)62-50-43-23-31(35-7-3-19-55-27-35)11-15-39(43)47(59-50)64-52-44-24-32(36-8-4-20-56-28-36)12-16-40(44)48(60-52)63-51-42-22-30(34-6-2-18-54-26-34)10-14-38(42)46(58-51)61-49;/h29-39,41-43,53-56H,1-28H2;/q-2;+2. The molecule has 0 spiro atoms. The number of piperidine rings is 4. The van der Waals surface area contributed by atoms with E-state index in [4.69, 9.17) is 39.9 Å². The quantitative estimate of drug-likeness (QED) is 0.234. The summed E-state index contributed by atoms with van der Waals surface area (Å²) < 4.78 is 0. The molecule has 3 saturated carbocycles. The van der Waals surface area contributed by atoms with Gasteiger partial charge in [-0.1, -0.05) is 0 Å². The first-order valence-corrected chi connectivity index (χ1v) is 26.9. The van der Waals surface area contributed by atoms with Crippen molar-refractivity contribution >= 4 is 11.3 Å². The maximum absolute atomic E-state index is 5.71. The topological polar surface area (TPSA) is 154 Å². The van der Waals surface area contributed by atoms with Crippen LogP contribution in [0.2, 0.25) is 0 Å². The van der Waals surface area contributed by atoms with Crippen molar-refractivity contribution in [1.82, 2.24) is 61.1 Å². The Kier molecular flexibility index (Phi) is 12.6. The van der Waals surface area contributed by atoms with Crippen LogP contribution in [0.3, 0.4) is 0 Å². The summed E-state index contributed by atoms with van der Waals surface area (Å²) >= 11 is 0. The second-order valence-electron chi connectivity index (χ2n) is 22.9. The number of rotatable bonds is 4. The number of nitrogens with one attached hydrogen (secondary N) is 4. The average Bonchev–Trinajstić information content (AvgIpc) is 4.10. The largest absolute Gasteiger partial charge is 2.00 e. The molecule has 4 N–H and O–H groups in total. The molecule has 8 bridgehead atoms. The molecule has 0 aromatic carbocycles. The van der Waals surface area contributed by atoms with Gasteiger partial charge in [0.15, 0.2) is 0 Å². The second kappa shape index (κ2) is 18.8. The molecule has 7 aliphatic heterocycles. The van der Waals surface area contributed by atoms with Crippen LogP contribution >= 0.6 is 0 Å². The number of hydrogen-bond donors (Lipinski definition) is 4. The third-order valence-electron chi connectivity index (χ3n) is 19.6. The van der Waals surface area contributed by atoms with E-state index in [1.807, 2.05) is 0 Å². The number of aromatic nitrogens is 8. The zero-order chi connectivity index (χ0) is 42.1. The minimum Gasteiger partial charge on any atom is -0.366 e. The van der Waals surface area contributed by atoms with Crippen molar-refractivity contribution < 1.29 is 17.1 Å². The van der Waals surface area contributed by atoms with Crippen LogP contribution in [-0.4, -0.2) is 82.3 Å². The SMILES string of the molecule is C1CNCC(C2CCc3c(c4nc5nc(nc6[n-]c(nc7nc(nc3[n-]4)C3CC(C4CCCNC4)CCC73)C3CC(C4CCCNC4)CCC63)C3CC(C4CCCNC4)CCC53)C2)C1.[Cu+2]. The van der Waals surface area contributed by atoms with Crippen molar-refractivity contribution in [3.63, 3.8) is 0 Å². The first-order chi connectivity index (χ1) is 31.7. The van der Waals surface area contributed by atoms with E-state index in [0.29, 0.717) is 41.4 Å². The van der Waals surface area contributed by atoms with Crippen LogP contribution < -0.4 is 31.2 Å². The van der Waals surface area contributed by atoms with E-state index in [1.54, 1.807) is 0 Å². The van der Waals surface area contributed by atoms with E-state index in [-0.39, 0.29) is 40.7 Å². The van der Waals surface area contributed by atoms with Crippen molar-refractivity contribution in [1.29, 1.82) is 0 Å². The molecule has 4 saturated heterocycles. The summed E-state index contributed by atoms with van der Waals surface area (Å²) in [5.74, 6) is 13.3. The molecule has 11 aliphatic rings. The van der Waals surface area contributed by atoms with Gasteiger partial charge in [-0.2, -0.15) is 0 Å². The smallest absolute Gasteiger partial charge is 0.366 e. The first-order valence-electron chi connectivity index (χ1n) is 26.9. The molecule has 353 valence electrons. The van der Waals surface area contributed by atoms with Crippen molar-refractivity contribution in [2.24, 2.45) is 47.3 Å². The number of nitrogens with zero attached hydrogens (tertiary/aromatic N) is 8. The van der Waals surface area contributed by atoms with Gasteiger partial charge in [0.2, 0.25) is 0 Å². The van der Waals surface area contributed by atoms with Crippen molar-refractivity contribution in [3.8, 4) is 0 Å². The first kappa shape index (κ1) is 43.7. The van der Waals surface area contributed by atoms with Crippen molar-refractivity contribution in [2.45, 2.75) is 164 Å². The van der Waals surface area contributed by atoms with Gasteiger partial charge in [0, 0.05) is 35.0 Å². The van der Waals surface area contributed by atoms with E-state index in [2.05, 4.69) is 21.3 Å². The van der Waals surface area contributed by atoms with Gasteiger partial charge >= 0.3 is 17.1 Å². The van der Waals surface area contributed by atoms with Gasteiger partial charge in [-0.25, -0.2) is 0 Å². The Morgan fingerprint density at radius 1 is 0.354 bits per heavy atom. The van der Waals surface area contributed by atoms with E-state index < -0.39 is 0 Å². The van der Waals surface area contributed by atoms with Crippen LogP contribution in [0.15, 0.2) is 0 Å². The molecule has 14 atom stereocenters. The van der Waals surface area contributed by atoms with Crippen LogP contribution in [0.5, 0.6) is 0 Å². The summed E-state index contributed by atoms with van der Waals surface area (Å²) in [7, 11) is 0. The van der Waals surface area contributed by atoms with Gasteiger partial charge in [0.1, 0.15) is 0 Å². The van der Waals surface area contributed by atoms with Gasteiger partial charge in [-0.05, 0) is 263 Å². The predicted molar refractivity (Wildman–Crippen MR) is 248 cm³/mol. The molecular weight excluding hydrogens is 856 g/mol. The van der Waals surface area contributed by atoms with Gasteiger partial charge < -0.3 is 51.2 Å². The molecular formula is C52H74CuN12. The minimum absolute atomic E-state index is 0. The molecule has 9 heterocycles. The fourth-order valence-corrected chi connectivity index (χ4v) is 16.0. The van der Waals surface area contributed by atoms with Crippen LogP contribution in [-0.2, 0) is 29.9 Å². The summed E-state index contributed by atoms with van der Waals surface area (Å²) in [4.78, 5) is 45.0. The minimum atomic E-state index is 0. The molecule has 2 aromatic heterocycles. The summed E-state index contributed by atoms with van der Waals surface area (Å²) in [5.41, 5.74) is 4.47. The fourth-order valence-electron chi connectivity index (χ4n) is 16.0. The number of fused-ring (bicyclic) bond motifs is 20. The molecule has 2 aromatic rings. The van der Waals surface area contributed by atoms with Crippen LogP contribution in [0, 0.1) is 47.3 Å². The Labute approximate surface area is 397 Å². The monoisotopic (exact) mass is 930 g/mol. The fraction of sp³-hybridized carbons (Fsp3) is 0.808. The van der Waals surface area contributed by atoms with Gasteiger partial charge in [-0.3, -0.25) is 9.97 Å². The average molecular weight is 931 g/mol.